The van der Waals surface area contributed by atoms with Crippen LogP contribution in [0.2, 0.25) is 5.02 Å². The summed E-state index contributed by atoms with van der Waals surface area (Å²) in [4.78, 5) is 19.2. The molecule has 0 saturated heterocycles. The molecule has 0 fully saturated rings. The molecule has 0 bridgehead atoms. The van der Waals surface area contributed by atoms with Crippen LogP contribution < -0.4 is 14.8 Å². The fourth-order valence-corrected chi connectivity index (χ4v) is 3.66. The lowest BCUT2D eigenvalue weighted by molar-refractivity contribution is 0.179. The fourth-order valence-electron chi connectivity index (χ4n) is 3.43. The third kappa shape index (κ3) is 5.85. The van der Waals surface area contributed by atoms with Gasteiger partial charge in [0.2, 0.25) is 0 Å². The number of likely N-dealkylation sites (N-methyl/N-ethyl adjacent to an activating group) is 1. The van der Waals surface area contributed by atoms with E-state index in [0.29, 0.717) is 16.6 Å². The maximum atomic E-state index is 6.47. The van der Waals surface area contributed by atoms with Gasteiger partial charge in [0, 0.05) is 24.6 Å². The molecule has 0 aliphatic heterocycles. The average Bonchev–Trinajstić information content (AvgIpc) is 2.79. The molecular weight excluding hydrogens is 440 g/mol. The Hall–Kier alpha value is -3.49. The summed E-state index contributed by atoms with van der Waals surface area (Å²) >= 11 is 6.47. The number of benzene rings is 2. The van der Waals surface area contributed by atoms with Gasteiger partial charge in [0.1, 0.15) is 36.4 Å². The molecule has 2 heterocycles. The zero-order chi connectivity index (χ0) is 23.2. The number of nitrogens with zero attached hydrogens (tertiary/aromatic N) is 5. The first-order chi connectivity index (χ1) is 16.0. The molecule has 0 aliphatic carbocycles. The van der Waals surface area contributed by atoms with Crippen molar-refractivity contribution in [2.24, 2.45) is 0 Å². The summed E-state index contributed by atoms with van der Waals surface area (Å²) in [5, 5.41) is 4.62. The van der Waals surface area contributed by atoms with E-state index in [9.17, 15) is 0 Å². The van der Waals surface area contributed by atoms with Crippen molar-refractivity contribution in [1.82, 2.24) is 24.8 Å². The number of aromatic nitrogens is 4. The van der Waals surface area contributed by atoms with Gasteiger partial charge in [-0.05, 0) is 51.4 Å². The predicted octanol–water partition coefficient (Wildman–Crippen LogP) is 4.72. The van der Waals surface area contributed by atoms with Crippen LogP contribution in [0.4, 0.5) is 11.5 Å². The van der Waals surface area contributed by atoms with Gasteiger partial charge in [-0.1, -0.05) is 17.7 Å². The second-order valence-electron chi connectivity index (χ2n) is 7.82. The predicted molar refractivity (Wildman–Crippen MR) is 129 cm³/mol. The standard InChI is InChI=1S/C24H25ClN6O2/c1-16(13-31(2)3)33-22-6-4-5-20-23(22)24(29-15-28-20)30-17-7-8-21(19(25)11-17)32-14-18-12-26-9-10-27-18/h4-12,15-16H,13-14H2,1-3H3,(H,28,29,30)/t16-/m1/s1. The molecule has 0 saturated carbocycles. The highest BCUT2D eigenvalue weighted by Gasteiger charge is 2.14. The van der Waals surface area contributed by atoms with Gasteiger partial charge in [-0.15, -0.1) is 0 Å². The average molecular weight is 465 g/mol. The van der Waals surface area contributed by atoms with E-state index in [1.54, 1.807) is 30.7 Å². The molecule has 0 spiro atoms. The van der Waals surface area contributed by atoms with Gasteiger partial charge in [-0.3, -0.25) is 9.97 Å². The van der Waals surface area contributed by atoms with E-state index in [-0.39, 0.29) is 12.7 Å². The molecule has 170 valence electrons. The maximum absolute atomic E-state index is 6.47. The quantitative estimate of drug-likeness (QED) is 0.380. The molecule has 9 heteroatoms. The third-order valence-corrected chi connectivity index (χ3v) is 5.06. The Kier molecular flexibility index (Phi) is 7.16. The number of nitrogens with one attached hydrogen (secondary N) is 1. The van der Waals surface area contributed by atoms with Crippen molar-refractivity contribution in [2.75, 3.05) is 26.0 Å². The highest BCUT2D eigenvalue weighted by molar-refractivity contribution is 6.32. The normalized spacial score (nSPS) is 12.0. The highest BCUT2D eigenvalue weighted by Crippen LogP contribution is 2.34. The second kappa shape index (κ2) is 10.4. The largest absolute Gasteiger partial charge is 0.489 e. The number of anilines is 2. The van der Waals surface area contributed by atoms with Crippen molar-refractivity contribution in [1.29, 1.82) is 0 Å². The third-order valence-electron chi connectivity index (χ3n) is 4.76. The summed E-state index contributed by atoms with van der Waals surface area (Å²) < 4.78 is 12.0. The molecule has 2 aromatic heterocycles. The Bertz CT molecular complexity index is 1220. The van der Waals surface area contributed by atoms with Gasteiger partial charge in [-0.25, -0.2) is 9.97 Å². The van der Waals surface area contributed by atoms with Crippen LogP contribution >= 0.6 is 11.6 Å². The zero-order valence-electron chi connectivity index (χ0n) is 18.7. The van der Waals surface area contributed by atoms with Gasteiger partial charge in [0.15, 0.2) is 0 Å². The molecule has 0 amide bonds. The SMILES string of the molecule is C[C@H](CN(C)C)Oc1cccc2ncnc(Nc3ccc(OCc4cnccn4)c(Cl)c3)c12. The van der Waals surface area contributed by atoms with Crippen molar-refractivity contribution in [3.8, 4) is 11.5 Å². The van der Waals surface area contributed by atoms with Crippen molar-refractivity contribution < 1.29 is 9.47 Å². The highest BCUT2D eigenvalue weighted by atomic mass is 35.5. The van der Waals surface area contributed by atoms with E-state index in [2.05, 4.69) is 30.2 Å². The van der Waals surface area contributed by atoms with E-state index in [4.69, 9.17) is 21.1 Å². The van der Waals surface area contributed by atoms with Crippen LogP contribution in [-0.4, -0.2) is 51.6 Å². The van der Waals surface area contributed by atoms with Crippen LogP contribution in [0, 0.1) is 0 Å². The summed E-state index contributed by atoms with van der Waals surface area (Å²) in [6.07, 6.45) is 6.42. The molecule has 8 nitrogen and oxygen atoms in total. The number of ether oxygens (including phenoxy) is 2. The minimum Gasteiger partial charge on any atom is -0.489 e. The van der Waals surface area contributed by atoms with Crippen LogP contribution in [-0.2, 0) is 6.61 Å². The van der Waals surface area contributed by atoms with Crippen molar-refractivity contribution in [3.63, 3.8) is 0 Å². The molecule has 2 aromatic carbocycles. The first-order valence-corrected chi connectivity index (χ1v) is 10.9. The second-order valence-corrected chi connectivity index (χ2v) is 8.23. The maximum Gasteiger partial charge on any atom is 0.145 e. The molecular formula is C24H25ClN6O2. The van der Waals surface area contributed by atoms with Crippen LogP contribution in [0.25, 0.3) is 10.9 Å². The van der Waals surface area contributed by atoms with Crippen LogP contribution in [0.3, 0.4) is 0 Å². The van der Waals surface area contributed by atoms with E-state index in [0.717, 1.165) is 34.6 Å². The lowest BCUT2D eigenvalue weighted by atomic mass is 10.2. The van der Waals surface area contributed by atoms with Crippen LogP contribution in [0.15, 0.2) is 61.3 Å². The van der Waals surface area contributed by atoms with Gasteiger partial charge >= 0.3 is 0 Å². The molecule has 1 atom stereocenters. The van der Waals surface area contributed by atoms with Gasteiger partial charge in [0.05, 0.1) is 27.8 Å². The zero-order valence-corrected chi connectivity index (χ0v) is 19.5. The lowest BCUT2D eigenvalue weighted by Crippen LogP contribution is -2.28. The van der Waals surface area contributed by atoms with E-state index in [1.807, 2.05) is 45.3 Å². The summed E-state index contributed by atoms with van der Waals surface area (Å²) in [5.41, 5.74) is 2.28. The summed E-state index contributed by atoms with van der Waals surface area (Å²) in [5.74, 6) is 1.92. The minimum atomic E-state index is -0.00108. The topological polar surface area (TPSA) is 85.3 Å². The summed E-state index contributed by atoms with van der Waals surface area (Å²) in [6.45, 7) is 3.11. The summed E-state index contributed by atoms with van der Waals surface area (Å²) in [6, 6.07) is 11.3. The van der Waals surface area contributed by atoms with E-state index >= 15 is 0 Å². The number of hydrogen-bond donors (Lipinski definition) is 1. The number of hydrogen-bond acceptors (Lipinski definition) is 8. The van der Waals surface area contributed by atoms with Crippen LogP contribution in [0.1, 0.15) is 12.6 Å². The van der Waals surface area contributed by atoms with Gasteiger partial charge in [0.25, 0.3) is 0 Å². The molecule has 0 aliphatic rings. The lowest BCUT2D eigenvalue weighted by Gasteiger charge is -2.20. The Morgan fingerprint density at radius 2 is 1.94 bits per heavy atom. The molecule has 4 rings (SSSR count). The minimum absolute atomic E-state index is 0.00108. The molecule has 0 unspecified atom stereocenters. The van der Waals surface area contributed by atoms with Crippen LogP contribution in [0.5, 0.6) is 11.5 Å². The van der Waals surface area contributed by atoms with E-state index in [1.165, 1.54) is 6.33 Å². The molecule has 0 radical (unpaired) electrons. The number of halogens is 1. The number of fused-ring (bicyclic) bond motifs is 1. The van der Waals surface area contributed by atoms with Crippen molar-refractivity contribution in [2.45, 2.75) is 19.6 Å². The van der Waals surface area contributed by atoms with E-state index < -0.39 is 0 Å². The smallest absolute Gasteiger partial charge is 0.145 e. The van der Waals surface area contributed by atoms with Gasteiger partial charge in [-0.2, -0.15) is 0 Å². The monoisotopic (exact) mass is 464 g/mol. The van der Waals surface area contributed by atoms with Crippen molar-refractivity contribution in [3.05, 3.63) is 72.0 Å². The van der Waals surface area contributed by atoms with Gasteiger partial charge < -0.3 is 19.7 Å². The molecule has 33 heavy (non-hydrogen) atoms. The first kappa shape index (κ1) is 22.7. The Morgan fingerprint density at radius 1 is 1.06 bits per heavy atom. The Balaban J connectivity index is 1.55. The molecule has 1 N–H and O–H groups in total. The Morgan fingerprint density at radius 3 is 2.70 bits per heavy atom. The summed E-state index contributed by atoms with van der Waals surface area (Å²) in [7, 11) is 4.03. The Labute approximate surface area is 197 Å². The fraction of sp³-hybridized carbons (Fsp3) is 0.250. The molecule has 4 aromatic rings. The first-order valence-electron chi connectivity index (χ1n) is 10.5. The number of rotatable bonds is 9. The van der Waals surface area contributed by atoms with Crippen molar-refractivity contribution >= 4 is 34.0 Å².